The summed E-state index contributed by atoms with van der Waals surface area (Å²) in [7, 11) is 0. The number of benzene rings is 2. The number of aliphatic hydroxyl groups excluding tert-OH is 3. The van der Waals surface area contributed by atoms with Crippen molar-refractivity contribution in [3.63, 3.8) is 0 Å². The third-order valence-corrected chi connectivity index (χ3v) is 8.21. The van der Waals surface area contributed by atoms with E-state index in [2.05, 4.69) is 35.3 Å². The number of hydrogen-bond acceptors (Lipinski definition) is 14. The molecule has 0 spiro atoms. The Hall–Kier alpha value is -5.81. The Kier molecular flexibility index (Phi) is 13.7. The minimum atomic E-state index is -1.53. The molecule has 2 unspecified atom stereocenters. The Labute approximate surface area is 325 Å². The number of aliphatic hydroxyl groups is 3. The van der Waals surface area contributed by atoms with Gasteiger partial charge in [0.1, 0.15) is 0 Å². The predicted molar refractivity (Wildman–Crippen MR) is 201 cm³/mol. The first-order chi connectivity index (χ1) is 25.7. The fraction of sp³-hybridized carbons (Fsp3) is 0.237. The second-order valence-corrected chi connectivity index (χ2v) is 12.4. The standard InChI is InChI=1S/2C16H16N4O.C6H7O6.Cu/c2*1-9-3-5-11-7-13(20-14(21)8-17)12-6-4-10(2)19-16(12)15(11)18-9;7-1-2(8)5-3(9)4(10)6(11)12-5;/h2*3-7H,8,17H2,1-2H3,(H,20,21);2,5,8-10H,1H2;/q;;-1;. The van der Waals surface area contributed by atoms with Gasteiger partial charge in [-0.3, -0.25) is 29.5 Å². The smallest absolute Gasteiger partial charge is 0.377 e. The minimum absolute atomic E-state index is 0. The van der Waals surface area contributed by atoms with Gasteiger partial charge in [0.2, 0.25) is 17.6 Å². The van der Waals surface area contributed by atoms with E-state index in [0.29, 0.717) is 11.4 Å². The monoisotopic (exact) mass is 798 g/mol. The summed E-state index contributed by atoms with van der Waals surface area (Å²) in [6.07, 6.45) is -2.95. The Morgan fingerprint density at radius 1 is 0.727 bits per heavy atom. The number of esters is 1. The van der Waals surface area contributed by atoms with Crippen molar-refractivity contribution in [3.05, 3.63) is 95.0 Å². The number of carbonyl (C=O) groups excluding carboxylic acids is 3. The van der Waals surface area contributed by atoms with Crippen molar-refractivity contribution in [2.24, 2.45) is 11.5 Å². The number of nitrogens with zero attached hydrogens (tertiary/aromatic N) is 4. The Bertz CT molecular complexity index is 2320. The molecule has 6 aromatic rings. The number of hydrogen-bond donors (Lipinski definition) is 7. The van der Waals surface area contributed by atoms with E-state index in [1.807, 2.05) is 88.4 Å². The number of pyridine rings is 4. The molecule has 0 bridgehead atoms. The maximum atomic E-state index is 11.6. The van der Waals surface area contributed by atoms with E-state index in [1.165, 1.54) is 0 Å². The van der Waals surface area contributed by atoms with Crippen LogP contribution in [0, 0.1) is 27.7 Å². The molecular weight excluding hydrogens is 760 g/mol. The first-order valence-electron chi connectivity index (χ1n) is 16.7. The van der Waals surface area contributed by atoms with E-state index >= 15 is 0 Å². The summed E-state index contributed by atoms with van der Waals surface area (Å²) in [6.45, 7) is 6.75. The molecule has 4 aromatic heterocycles. The van der Waals surface area contributed by atoms with Crippen molar-refractivity contribution < 1.29 is 56.6 Å². The number of fused-ring (bicyclic) bond motifs is 6. The molecule has 2 aromatic carbocycles. The maximum absolute atomic E-state index is 11.6. The Morgan fingerprint density at radius 2 is 1.11 bits per heavy atom. The molecular formula is C38H39CuN8O8-. The van der Waals surface area contributed by atoms with E-state index in [4.69, 9.17) is 26.8 Å². The van der Waals surface area contributed by atoms with Gasteiger partial charge < -0.3 is 47.3 Å². The molecule has 16 nitrogen and oxygen atoms in total. The van der Waals surface area contributed by atoms with Gasteiger partial charge in [-0.25, -0.2) is 4.79 Å². The third-order valence-electron chi connectivity index (χ3n) is 8.21. The van der Waals surface area contributed by atoms with Gasteiger partial charge in [-0.1, -0.05) is 12.1 Å². The number of carbonyl (C=O) groups is 3. The first kappa shape index (κ1) is 41.9. The molecule has 0 fully saturated rings. The van der Waals surface area contributed by atoms with Crippen molar-refractivity contribution in [3.8, 4) is 0 Å². The van der Waals surface area contributed by atoms with Crippen LogP contribution in [-0.4, -0.2) is 84.9 Å². The normalized spacial score (nSPS) is 14.0. The zero-order valence-electron chi connectivity index (χ0n) is 30.2. The number of aromatic nitrogens is 4. The van der Waals surface area contributed by atoms with Crippen molar-refractivity contribution in [1.82, 2.24) is 19.9 Å². The van der Waals surface area contributed by atoms with Gasteiger partial charge >= 0.3 is 5.97 Å². The zero-order valence-corrected chi connectivity index (χ0v) is 31.1. The summed E-state index contributed by atoms with van der Waals surface area (Å²) in [6, 6.07) is 19.4. The third kappa shape index (κ3) is 9.47. The van der Waals surface area contributed by atoms with Crippen molar-refractivity contribution in [2.45, 2.75) is 39.9 Å². The van der Waals surface area contributed by atoms with Crippen molar-refractivity contribution in [2.75, 3.05) is 30.3 Å². The fourth-order valence-corrected chi connectivity index (χ4v) is 5.55. The molecule has 5 heterocycles. The fourth-order valence-electron chi connectivity index (χ4n) is 5.55. The number of anilines is 2. The van der Waals surface area contributed by atoms with Crippen LogP contribution in [0.3, 0.4) is 0 Å². The summed E-state index contributed by atoms with van der Waals surface area (Å²) in [5, 5.41) is 45.9. The first-order valence-corrected chi connectivity index (χ1v) is 16.7. The summed E-state index contributed by atoms with van der Waals surface area (Å²) in [5.41, 5.74) is 19.2. The molecule has 2 amide bonds. The largest absolute Gasteiger partial charge is 0.853 e. The topological polar surface area (TPSA) is 272 Å². The molecule has 1 aliphatic rings. The van der Waals surface area contributed by atoms with Gasteiger partial charge in [0, 0.05) is 61.4 Å². The predicted octanol–water partition coefficient (Wildman–Crippen LogP) is 2.55. The van der Waals surface area contributed by atoms with E-state index in [1.54, 1.807) is 0 Å². The molecule has 7 rings (SSSR count). The molecule has 17 heteroatoms. The van der Waals surface area contributed by atoms with Crippen LogP contribution in [0.4, 0.5) is 11.4 Å². The summed E-state index contributed by atoms with van der Waals surface area (Å²) >= 11 is 0. The van der Waals surface area contributed by atoms with E-state index in [0.717, 1.165) is 66.4 Å². The number of amides is 2. The molecule has 0 saturated carbocycles. The van der Waals surface area contributed by atoms with Gasteiger partial charge in [0.25, 0.3) is 0 Å². The molecule has 9 N–H and O–H groups in total. The van der Waals surface area contributed by atoms with Crippen LogP contribution in [0.5, 0.6) is 0 Å². The maximum Gasteiger partial charge on any atom is 0.377 e. The van der Waals surface area contributed by atoms with Crippen LogP contribution < -0.4 is 27.2 Å². The summed E-state index contributed by atoms with van der Waals surface area (Å²) in [5.74, 6) is -3.33. The Morgan fingerprint density at radius 3 is 1.45 bits per heavy atom. The van der Waals surface area contributed by atoms with Gasteiger partial charge in [-0.05, 0) is 76.2 Å². The number of aryl methyl sites for hydroxylation is 4. The number of ether oxygens (including phenoxy) is 1. The van der Waals surface area contributed by atoms with E-state index in [-0.39, 0.29) is 42.0 Å². The average Bonchev–Trinajstić information content (AvgIpc) is 3.42. The van der Waals surface area contributed by atoms with Crippen LogP contribution >= 0.6 is 0 Å². The number of nitrogens with two attached hydrogens (primary N) is 2. The van der Waals surface area contributed by atoms with E-state index < -0.39 is 36.3 Å². The second-order valence-electron chi connectivity index (χ2n) is 12.4. The van der Waals surface area contributed by atoms with Crippen LogP contribution in [0.1, 0.15) is 22.8 Å². The molecule has 1 radical (unpaired) electrons. The van der Waals surface area contributed by atoms with Crippen molar-refractivity contribution >= 4 is 72.8 Å². The second kappa shape index (κ2) is 18.0. The zero-order chi connectivity index (χ0) is 39.3. The molecule has 2 atom stereocenters. The Balaban J connectivity index is 0.000000189. The van der Waals surface area contributed by atoms with Gasteiger partial charge in [-0.2, -0.15) is 0 Å². The molecule has 55 heavy (non-hydrogen) atoms. The molecule has 1 aliphatic heterocycles. The number of cyclic esters (lactones) is 1. The van der Waals surface area contributed by atoms with Gasteiger partial charge in [0.05, 0.1) is 52.6 Å². The van der Waals surface area contributed by atoms with Crippen LogP contribution in [0.15, 0.2) is 72.2 Å². The van der Waals surface area contributed by atoms with Crippen LogP contribution in [0.2, 0.25) is 0 Å². The SMILES string of the molecule is Cc1ccc2cc(NC(=O)CN)c3ccc(C)nc3c2n1.Cc1ccc2cc(NC(=O)CN)c3ccc(C)nc3c2n1.O=C1OC(C(O)C[O-])C(O)=C1O.[Cu]. The van der Waals surface area contributed by atoms with E-state index in [9.17, 15) is 19.5 Å². The number of rotatable bonds is 6. The quantitative estimate of drug-likeness (QED) is 0.0725. The minimum Gasteiger partial charge on any atom is -0.853 e. The van der Waals surface area contributed by atoms with Crippen molar-refractivity contribution in [1.29, 1.82) is 0 Å². The van der Waals surface area contributed by atoms with Crippen LogP contribution in [0.25, 0.3) is 43.6 Å². The average molecular weight is 799 g/mol. The summed E-state index contributed by atoms with van der Waals surface area (Å²) < 4.78 is 4.28. The van der Waals surface area contributed by atoms with Crippen LogP contribution in [-0.2, 0) is 36.2 Å². The number of nitrogens with one attached hydrogen (secondary N) is 2. The molecule has 291 valence electrons. The summed E-state index contributed by atoms with van der Waals surface area (Å²) in [4.78, 5) is 52.1. The molecule has 0 saturated heterocycles. The van der Waals surface area contributed by atoms with Gasteiger partial charge in [0.15, 0.2) is 11.9 Å². The van der Waals surface area contributed by atoms with Gasteiger partial charge in [-0.15, -0.1) is 6.61 Å². The molecule has 0 aliphatic carbocycles.